The Morgan fingerprint density at radius 1 is 1.19 bits per heavy atom. The number of hydrogen-bond acceptors (Lipinski definition) is 5. The molecule has 5 nitrogen and oxygen atoms in total. The molecule has 1 aliphatic rings. The number of hydrogen-bond donors (Lipinski definition) is 2. The molecule has 0 fully saturated rings. The van der Waals surface area contributed by atoms with E-state index in [0.717, 1.165) is 18.4 Å². The van der Waals surface area contributed by atoms with Crippen molar-refractivity contribution in [3.8, 4) is 11.8 Å². The fourth-order valence-corrected chi connectivity index (χ4v) is 2.75. The first-order valence-electron chi connectivity index (χ1n) is 7.06. The molecular formula is C16H16N4O. The Hall–Kier alpha value is -2.61. The van der Waals surface area contributed by atoms with Gasteiger partial charge in [-0.25, -0.2) is 9.97 Å². The number of phenolic OH excluding ortho intramolecular Hbond substituents is 1. The van der Waals surface area contributed by atoms with Gasteiger partial charge in [0.05, 0.1) is 12.4 Å². The molecule has 1 aromatic carbocycles. The largest absolute Gasteiger partial charge is 0.508 e. The zero-order chi connectivity index (χ0) is 14.7. The number of phenols is 1. The van der Waals surface area contributed by atoms with E-state index in [1.807, 2.05) is 12.1 Å². The van der Waals surface area contributed by atoms with E-state index in [9.17, 15) is 5.11 Å². The van der Waals surface area contributed by atoms with Crippen LogP contribution in [-0.2, 0) is 19.4 Å². The highest BCUT2D eigenvalue weighted by molar-refractivity contribution is 5.47. The third-order valence-electron chi connectivity index (χ3n) is 3.84. The average Bonchev–Trinajstić information content (AvgIpc) is 2.54. The Balaban J connectivity index is 1.80. The minimum atomic E-state index is 0.292. The van der Waals surface area contributed by atoms with E-state index in [4.69, 9.17) is 5.26 Å². The van der Waals surface area contributed by atoms with Crippen LogP contribution in [0, 0.1) is 11.3 Å². The second-order valence-corrected chi connectivity index (χ2v) is 5.16. The molecule has 21 heavy (non-hydrogen) atoms. The predicted molar refractivity (Wildman–Crippen MR) is 78.8 cm³/mol. The molecule has 2 N–H and O–H groups in total. The van der Waals surface area contributed by atoms with Crippen LogP contribution in [0.15, 0.2) is 24.5 Å². The van der Waals surface area contributed by atoms with Crippen molar-refractivity contribution in [1.82, 2.24) is 9.97 Å². The fraction of sp³-hybridized carbons (Fsp3) is 0.312. The topological polar surface area (TPSA) is 81.8 Å². The Labute approximate surface area is 123 Å². The summed E-state index contributed by atoms with van der Waals surface area (Å²) in [6, 6.07) is 5.73. The van der Waals surface area contributed by atoms with E-state index in [0.29, 0.717) is 23.8 Å². The minimum absolute atomic E-state index is 0.292. The second kappa shape index (κ2) is 5.80. The van der Waals surface area contributed by atoms with Crippen molar-refractivity contribution in [3.63, 3.8) is 0 Å². The molecule has 0 amide bonds. The number of nitrogens with one attached hydrogen (secondary N) is 1. The summed E-state index contributed by atoms with van der Waals surface area (Å²) in [4.78, 5) is 8.10. The number of rotatable bonds is 3. The number of aromatic hydroxyl groups is 1. The SMILES string of the molecule is N#Cc1cnc(NCc2c(O)ccc3c2CCCC3)cn1. The number of fused-ring (bicyclic) bond motifs is 1. The van der Waals surface area contributed by atoms with Crippen molar-refractivity contribution in [2.75, 3.05) is 5.32 Å². The number of anilines is 1. The summed E-state index contributed by atoms with van der Waals surface area (Å²) >= 11 is 0. The first-order chi connectivity index (χ1) is 10.3. The molecule has 0 saturated carbocycles. The molecule has 5 heteroatoms. The van der Waals surface area contributed by atoms with Crippen LogP contribution in [0.2, 0.25) is 0 Å². The van der Waals surface area contributed by atoms with Gasteiger partial charge in [-0.1, -0.05) is 6.07 Å². The molecule has 0 unspecified atom stereocenters. The van der Waals surface area contributed by atoms with E-state index < -0.39 is 0 Å². The Morgan fingerprint density at radius 2 is 2.05 bits per heavy atom. The molecule has 0 aliphatic heterocycles. The van der Waals surface area contributed by atoms with Crippen molar-refractivity contribution in [2.45, 2.75) is 32.2 Å². The van der Waals surface area contributed by atoms with Crippen LogP contribution < -0.4 is 5.32 Å². The maximum atomic E-state index is 10.1. The Morgan fingerprint density at radius 3 is 2.81 bits per heavy atom. The molecule has 3 rings (SSSR count). The van der Waals surface area contributed by atoms with Gasteiger partial charge in [0.25, 0.3) is 0 Å². The highest BCUT2D eigenvalue weighted by Gasteiger charge is 2.16. The number of nitrogens with zero attached hydrogens (tertiary/aromatic N) is 3. The summed E-state index contributed by atoms with van der Waals surface area (Å²) in [5, 5.41) is 22.0. The molecule has 0 bridgehead atoms. The summed E-state index contributed by atoms with van der Waals surface area (Å²) in [6.07, 6.45) is 7.44. The van der Waals surface area contributed by atoms with Crippen LogP contribution >= 0.6 is 0 Å². The zero-order valence-corrected chi connectivity index (χ0v) is 11.6. The van der Waals surface area contributed by atoms with Crippen LogP contribution in [0.4, 0.5) is 5.82 Å². The van der Waals surface area contributed by atoms with Gasteiger partial charge < -0.3 is 10.4 Å². The first kappa shape index (κ1) is 13.4. The van der Waals surface area contributed by atoms with Crippen molar-refractivity contribution in [2.24, 2.45) is 0 Å². The predicted octanol–water partition coefficient (Wildman–Crippen LogP) is 2.54. The molecule has 0 atom stereocenters. The van der Waals surface area contributed by atoms with Gasteiger partial charge in [0.15, 0.2) is 5.69 Å². The first-order valence-corrected chi connectivity index (χ1v) is 7.06. The molecule has 106 valence electrons. The summed E-state index contributed by atoms with van der Waals surface area (Å²) in [5.74, 6) is 0.923. The van der Waals surface area contributed by atoms with E-state index in [2.05, 4.69) is 15.3 Å². The number of nitriles is 1. The molecule has 1 aliphatic carbocycles. The number of aromatic nitrogens is 2. The van der Waals surface area contributed by atoms with E-state index in [-0.39, 0.29) is 0 Å². The van der Waals surface area contributed by atoms with Gasteiger partial charge in [-0.05, 0) is 42.9 Å². The van der Waals surface area contributed by atoms with Crippen LogP contribution in [-0.4, -0.2) is 15.1 Å². The summed E-state index contributed by atoms with van der Waals surface area (Å²) in [6.45, 7) is 0.510. The third-order valence-corrected chi connectivity index (χ3v) is 3.84. The second-order valence-electron chi connectivity index (χ2n) is 5.16. The molecule has 0 saturated heterocycles. The van der Waals surface area contributed by atoms with Crippen molar-refractivity contribution < 1.29 is 5.11 Å². The van der Waals surface area contributed by atoms with Crippen LogP contribution in [0.5, 0.6) is 5.75 Å². The summed E-state index contributed by atoms with van der Waals surface area (Å²) in [5.41, 5.74) is 3.83. The molecule has 2 aromatic rings. The molecule has 0 spiro atoms. The summed E-state index contributed by atoms with van der Waals surface area (Å²) < 4.78 is 0. The van der Waals surface area contributed by atoms with Crippen LogP contribution in [0.25, 0.3) is 0 Å². The molecule has 1 heterocycles. The minimum Gasteiger partial charge on any atom is -0.508 e. The number of aryl methyl sites for hydroxylation is 1. The monoisotopic (exact) mass is 280 g/mol. The molecule has 0 radical (unpaired) electrons. The van der Waals surface area contributed by atoms with Gasteiger partial charge in [-0.2, -0.15) is 5.26 Å². The fourth-order valence-electron chi connectivity index (χ4n) is 2.75. The average molecular weight is 280 g/mol. The van der Waals surface area contributed by atoms with E-state index >= 15 is 0 Å². The molecule has 1 aromatic heterocycles. The summed E-state index contributed by atoms with van der Waals surface area (Å²) in [7, 11) is 0. The van der Waals surface area contributed by atoms with Crippen molar-refractivity contribution in [1.29, 1.82) is 5.26 Å². The van der Waals surface area contributed by atoms with Gasteiger partial charge in [-0.3, -0.25) is 0 Å². The Bertz CT molecular complexity index is 689. The van der Waals surface area contributed by atoms with Gasteiger partial charge in [-0.15, -0.1) is 0 Å². The standard InChI is InChI=1S/C16H16N4O/c17-7-12-8-19-16(10-18-12)20-9-14-13-4-2-1-3-11(13)5-6-15(14)21/h5-6,8,10,21H,1-4,9H2,(H,19,20). The maximum Gasteiger partial charge on any atom is 0.158 e. The lowest BCUT2D eigenvalue weighted by Gasteiger charge is -2.20. The normalized spacial score (nSPS) is 13.3. The van der Waals surface area contributed by atoms with Crippen molar-refractivity contribution in [3.05, 3.63) is 46.9 Å². The molecular weight excluding hydrogens is 264 g/mol. The Kier molecular flexibility index (Phi) is 3.69. The van der Waals surface area contributed by atoms with Crippen LogP contribution in [0.1, 0.15) is 35.2 Å². The van der Waals surface area contributed by atoms with Crippen molar-refractivity contribution >= 4 is 5.82 Å². The van der Waals surface area contributed by atoms with Gasteiger partial charge in [0, 0.05) is 12.1 Å². The van der Waals surface area contributed by atoms with E-state index in [1.165, 1.54) is 36.4 Å². The number of benzene rings is 1. The van der Waals surface area contributed by atoms with Gasteiger partial charge in [0.1, 0.15) is 17.6 Å². The lowest BCUT2D eigenvalue weighted by molar-refractivity contribution is 0.466. The van der Waals surface area contributed by atoms with E-state index in [1.54, 1.807) is 6.07 Å². The smallest absolute Gasteiger partial charge is 0.158 e. The maximum absolute atomic E-state index is 10.1. The van der Waals surface area contributed by atoms with Gasteiger partial charge in [0.2, 0.25) is 0 Å². The zero-order valence-electron chi connectivity index (χ0n) is 11.6. The third kappa shape index (κ3) is 2.79. The lowest BCUT2D eigenvalue weighted by Crippen LogP contribution is -2.10. The highest BCUT2D eigenvalue weighted by Crippen LogP contribution is 2.30. The van der Waals surface area contributed by atoms with Crippen LogP contribution in [0.3, 0.4) is 0 Å². The quantitative estimate of drug-likeness (QED) is 0.903. The van der Waals surface area contributed by atoms with Gasteiger partial charge >= 0.3 is 0 Å². The lowest BCUT2D eigenvalue weighted by atomic mass is 9.88. The highest BCUT2D eigenvalue weighted by atomic mass is 16.3.